The molecule has 0 unspecified atom stereocenters. The molecule has 0 bridgehead atoms. The first kappa shape index (κ1) is 18.3. The minimum Gasteiger partial charge on any atom is -0.468 e. The van der Waals surface area contributed by atoms with E-state index in [1.807, 2.05) is 19.0 Å². The molecule has 1 aromatic heterocycles. The van der Waals surface area contributed by atoms with Crippen molar-refractivity contribution < 1.29 is 27.2 Å². The normalized spacial score (nSPS) is 19.8. The standard InChI is InChI=1S/C15H20F3N3O3/c1-20(2)11(12-4-3-5-24-12)7-19-14(23)10-6-13(22)21(8-10)9-15(16,17)18/h3-5,10-11H,6-9H2,1-2H3,(H,19,23)/t10-,11-/m1/s1. The summed E-state index contributed by atoms with van der Waals surface area (Å²) in [4.78, 5) is 26.3. The summed E-state index contributed by atoms with van der Waals surface area (Å²) < 4.78 is 42.5. The van der Waals surface area contributed by atoms with Crippen LogP contribution in [0.15, 0.2) is 22.8 Å². The number of amides is 2. The quantitative estimate of drug-likeness (QED) is 0.845. The fraction of sp³-hybridized carbons (Fsp3) is 0.600. The molecular formula is C15H20F3N3O3. The number of halogens is 3. The highest BCUT2D eigenvalue weighted by Crippen LogP contribution is 2.24. The van der Waals surface area contributed by atoms with Gasteiger partial charge >= 0.3 is 6.18 Å². The molecule has 2 rings (SSSR count). The van der Waals surface area contributed by atoms with E-state index < -0.39 is 30.5 Å². The van der Waals surface area contributed by atoms with Gasteiger partial charge in [0.2, 0.25) is 11.8 Å². The zero-order chi connectivity index (χ0) is 17.9. The van der Waals surface area contributed by atoms with E-state index >= 15 is 0 Å². The molecule has 6 nitrogen and oxygen atoms in total. The monoisotopic (exact) mass is 347 g/mol. The largest absolute Gasteiger partial charge is 0.468 e. The highest BCUT2D eigenvalue weighted by molar-refractivity contribution is 5.89. The van der Waals surface area contributed by atoms with Gasteiger partial charge in [-0.1, -0.05) is 0 Å². The van der Waals surface area contributed by atoms with E-state index in [1.54, 1.807) is 12.1 Å². The first-order valence-corrected chi connectivity index (χ1v) is 7.49. The average Bonchev–Trinajstić information content (AvgIpc) is 3.08. The third-order valence-electron chi connectivity index (χ3n) is 3.92. The van der Waals surface area contributed by atoms with Gasteiger partial charge in [0.25, 0.3) is 0 Å². The Labute approximate surface area is 137 Å². The Morgan fingerprint density at radius 2 is 2.21 bits per heavy atom. The molecule has 0 spiro atoms. The number of nitrogens with zero attached hydrogens (tertiary/aromatic N) is 2. The summed E-state index contributed by atoms with van der Waals surface area (Å²) in [5.74, 6) is -1.17. The summed E-state index contributed by atoms with van der Waals surface area (Å²) in [5, 5.41) is 2.70. The van der Waals surface area contributed by atoms with E-state index in [0.717, 1.165) is 0 Å². The van der Waals surface area contributed by atoms with Gasteiger partial charge < -0.3 is 14.6 Å². The second kappa shape index (κ2) is 7.25. The van der Waals surface area contributed by atoms with Crippen LogP contribution in [0.3, 0.4) is 0 Å². The number of nitrogens with one attached hydrogen (secondary N) is 1. The Morgan fingerprint density at radius 1 is 1.50 bits per heavy atom. The van der Waals surface area contributed by atoms with E-state index in [-0.39, 0.29) is 25.6 Å². The van der Waals surface area contributed by atoms with Crippen LogP contribution in [0.4, 0.5) is 13.2 Å². The third-order valence-corrected chi connectivity index (χ3v) is 3.92. The van der Waals surface area contributed by atoms with Crippen molar-refractivity contribution in [3.05, 3.63) is 24.2 Å². The fourth-order valence-electron chi connectivity index (χ4n) is 2.68. The second-order valence-electron chi connectivity index (χ2n) is 6.03. The maximum atomic E-state index is 12.4. The molecule has 1 aromatic rings. The summed E-state index contributed by atoms with van der Waals surface area (Å²) in [6, 6.07) is 3.31. The summed E-state index contributed by atoms with van der Waals surface area (Å²) in [5.41, 5.74) is 0. The number of alkyl halides is 3. The Balaban J connectivity index is 1.90. The van der Waals surface area contributed by atoms with Crippen LogP contribution in [0.25, 0.3) is 0 Å². The van der Waals surface area contributed by atoms with Crippen LogP contribution in [0, 0.1) is 5.92 Å². The first-order chi connectivity index (χ1) is 11.2. The van der Waals surface area contributed by atoms with Gasteiger partial charge in [-0.25, -0.2) is 0 Å². The summed E-state index contributed by atoms with van der Waals surface area (Å²) in [6.45, 7) is -1.29. The Kier molecular flexibility index (Phi) is 5.53. The average molecular weight is 347 g/mol. The van der Waals surface area contributed by atoms with Gasteiger partial charge in [-0.15, -0.1) is 0 Å². The molecule has 1 fully saturated rings. The smallest absolute Gasteiger partial charge is 0.406 e. The Bertz CT molecular complexity index is 572. The molecular weight excluding hydrogens is 327 g/mol. The van der Waals surface area contributed by atoms with Crippen molar-refractivity contribution in [2.45, 2.75) is 18.6 Å². The van der Waals surface area contributed by atoms with Crippen molar-refractivity contribution in [2.24, 2.45) is 5.92 Å². The Hall–Kier alpha value is -2.03. The SMILES string of the molecule is CN(C)[C@H](CNC(=O)[C@@H]1CC(=O)N(CC(F)(F)F)C1)c1ccco1. The summed E-state index contributed by atoms with van der Waals surface area (Å²) in [7, 11) is 3.65. The number of carbonyl (C=O) groups is 2. The van der Waals surface area contributed by atoms with Crippen molar-refractivity contribution in [1.29, 1.82) is 0 Å². The summed E-state index contributed by atoms with van der Waals surface area (Å²) in [6.07, 6.45) is -3.13. The van der Waals surface area contributed by atoms with Crippen molar-refractivity contribution >= 4 is 11.8 Å². The number of rotatable bonds is 6. The molecule has 1 aliphatic rings. The predicted octanol–water partition coefficient (Wildman–Crippen LogP) is 1.41. The fourth-order valence-corrected chi connectivity index (χ4v) is 2.68. The lowest BCUT2D eigenvalue weighted by molar-refractivity contribution is -0.157. The van der Waals surface area contributed by atoms with Gasteiger partial charge in [-0.2, -0.15) is 13.2 Å². The first-order valence-electron chi connectivity index (χ1n) is 7.49. The zero-order valence-electron chi connectivity index (χ0n) is 13.5. The predicted molar refractivity (Wildman–Crippen MR) is 78.9 cm³/mol. The van der Waals surface area contributed by atoms with Gasteiger partial charge in [0.05, 0.1) is 18.2 Å². The molecule has 0 saturated carbocycles. The maximum absolute atomic E-state index is 12.4. The van der Waals surface area contributed by atoms with Crippen molar-refractivity contribution in [1.82, 2.24) is 15.1 Å². The molecule has 1 saturated heterocycles. The molecule has 0 aromatic carbocycles. The Morgan fingerprint density at radius 3 is 2.75 bits per heavy atom. The number of hydrogen-bond acceptors (Lipinski definition) is 4. The molecule has 134 valence electrons. The molecule has 2 atom stereocenters. The van der Waals surface area contributed by atoms with Gasteiger partial charge in [-0.3, -0.25) is 14.5 Å². The number of hydrogen-bond donors (Lipinski definition) is 1. The van der Waals surface area contributed by atoms with Gasteiger partial charge in [0.1, 0.15) is 12.3 Å². The van der Waals surface area contributed by atoms with Crippen LogP contribution in [-0.4, -0.2) is 61.5 Å². The minimum absolute atomic E-state index is 0.199. The highest BCUT2D eigenvalue weighted by atomic mass is 19.4. The van der Waals surface area contributed by atoms with E-state index in [9.17, 15) is 22.8 Å². The molecule has 9 heteroatoms. The lowest BCUT2D eigenvalue weighted by atomic mass is 10.1. The van der Waals surface area contributed by atoms with E-state index in [1.165, 1.54) is 6.26 Å². The van der Waals surface area contributed by atoms with E-state index in [0.29, 0.717) is 10.7 Å². The van der Waals surface area contributed by atoms with Crippen LogP contribution >= 0.6 is 0 Å². The number of likely N-dealkylation sites (N-methyl/N-ethyl adjacent to an activating group) is 1. The van der Waals surface area contributed by atoms with Crippen LogP contribution in [0.2, 0.25) is 0 Å². The maximum Gasteiger partial charge on any atom is 0.406 e. The third kappa shape index (κ3) is 4.73. The van der Waals surface area contributed by atoms with Crippen LogP contribution in [0.1, 0.15) is 18.2 Å². The highest BCUT2D eigenvalue weighted by Gasteiger charge is 2.40. The second-order valence-corrected chi connectivity index (χ2v) is 6.03. The lowest BCUT2D eigenvalue weighted by Gasteiger charge is -2.23. The van der Waals surface area contributed by atoms with E-state index in [4.69, 9.17) is 4.42 Å². The molecule has 0 radical (unpaired) electrons. The topological polar surface area (TPSA) is 65.8 Å². The van der Waals surface area contributed by atoms with Crippen LogP contribution < -0.4 is 5.32 Å². The van der Waals surface area contributed by atoms with Crippen molar-refractivity contribution in [2.75, 3.05) is 33.7 Å². The molecule has 1 N–H and O–H groups in total. The molecule has 1 aliphatic heterocycles. The molecule has 24 heavy (non-hydrogen) atoms. The lowest BCUT2D eigenvalue weighted by Crippen LogP contribution is -2.39. The molecule has 0 aliphatic carbocycles. The van der Waals surface area contributed by atoms with E-state index in [2.05, 4.69) is 5.32 Å². The molecule has 2 amide bonds. The van der Waals surface area contributed by atoms with Gasteiger partial charge in [0, 0.05) is 19.5 Å². The number of furan rings is 1. The van der Waals surface area contributed by atoms with Crippen LogP contribution in [0.5, 0.6) is 0 Å². The van der Waals surface area contributed by atoms with Gasteiger partial charge in [0.15, 0.2) is 0 Å². The minimum atomic E-state index is -4.46. The van der Waals surface area contributed by atoms with Crippen molar-refractivity contribution in [3.63, 3.8) is 0 Å². The zero-order valence-corrected chi connectivity index (χ0v) is 13.5. The van der Waals surface area contributed by atoms with Gasteiger partial charge in [-0.05, 0) is 26.2 Å². The summed E-state index contributed by atoms with van der Waals surface area (Å²) >= 11 is 0. The molecule has 2 heterocycles. The number of likely N-dealkylation sites (tertiary alicyclic amines) is 1. The van der Waals surface area contributed by atoms with Crippen LogP contribution in [-0.2, 0) is 9.59 Å². The van der Waals surface area contributed by atoms with Crippen molar-refractivity contribution in [3.8, 4) is 0 Å². The number of carbonyl (C=O) groups excluding carboxylic acids is 2.